The molecule has 1 N–H and O–H groups in total. The lowest BCUT2D eigenvalue weighted by Crippen LogP contribution is -2.49. The summed E-state index contributed by atoms with van der Waals surface area (Å²) in [5, 5.41) is 2.82. The van der Waals surface area contributed by atoms with E-state index in [-0.39, 0.29) is 17.8 Å². The molecule has 0 aromatic heterocycles. The van der Waals surface area contributed by atoms with Crippen LogP contribution in [-0.2, 0) is 6.42 Å². The maximum Gasteiger partial charge on any atom is 0.326 e. The van der Waals surface area contributed by atoms with E-state index < -0.39 is 0 Å². The Balaban J connectivity index is 1.31. The highest BCUT2D eigenvalue weighted by Gasteiger charge is 2.36. The molecule has 5 rings (SSSR count). The lowest BCUT2D eigenvalue weighted by atomic mass is 9.78. The van der Waals surface area contributed by atoms with Gasteiger partial charge in [0.2, 0.25) is 0 Å². The number of rotatable bonds is 2. The highest BCUT2D eigenvalue weighted by atomic mass is 19.1. The average Bonchev–Trinajstić information content (AvgIpc) is 3.23. The monoisotopic (exact) mass is 421 g/mol. The van der Waals surface area contributed by atoms with Gasteiger partial charge in [0, 0.05) is 36.1 Å². The Labute approximate surface area is 182 Å². The van der Waals surface area contributed by atoms with Crippen LogP contribution < -0.4 is 10.2 Å². The Bertz CT molecular complexity index is 989. The Morgan fingerprint density at radius 1 is 0.935 bits per heavy atom. The molecule has 2 aliphatic heterocycles. The molecule has 162 valence electrons. The summed E-state index contributed by atoms with van der Waals surface area (Å²) >= 11 is 0. The summed E-state index contributed by atoms with van der Waals surface area (Å²) in [6.45, 7) is 1.41. The fourth-order valence-corrected chi connectivity index (χ4v) is 5.51. The van der Waals surface area contributed by atoms with Crippen LogP contribution in [-0.4, -0.2) is 36.0 Å². The topological polar surface area (TPSA) is 52.7 Å². The van der Waals surface area contributed by atoms with Crippen molar-refractivity contribution in [3.63, 3.8) is 0 Å². The van der Waals surface area contributed by atoms with Gasteiger partial charge in [-0.1, -0.05) is 12.8 Å². The lowest BCUT2D eigenvalue weighted by Gasteiger charge is -2.44. The van der Waals surface area contributed by atoms with E-state index in [2.05, 4.69) is 10.2 Å². The first-order valence-electron chi connectivity index (χ1n) is 11.4. The van der Waals surface area contributed by atoms with Gasteiger partial charge in [-0.3, -0.25) is 9.69 Å². The minimum Gasteiger partial charge on any atom is -0.335 e. The fourth-order valence-electron chi connectivity index (χ4n) is 5.51. The molecule has 0 bridgehead atoms. The third kappa shape index (κ3) is 3.91. The van der Waals surface area contributed by atoms with E-state index in [1.165, 1.54) is 37.8 Å². The minimum atomic E-state index is -0.338. The average molecular weight is 422 g/mol. The van der Waals surface area contributed by atoms with Gasteiger partial charge >= 0.3 is 6.03 Å². The standard InChI is InChI=1S/C25H28FN3O2/c26-20-8-10-21(11-9-20)27-25(31)29-15-13-18-16-19(7-12-23(18)29)24(30)28-14-3-5-17-4-1-2-6-22(17)28/h7-12,16-17,22H,1-6,13-15H2,(H,27,31)/t17-,22-/m1/s1. The summed E-state index contributed by atoms with van der Waals surface area (Å²) in [7, 11) is 0. The molecule has 3 aliphatic rings. The van der Waals surface area contributed by atoms with Crippen molar-refractivity contribution in [2.75, 3.05) is 23.3 Å². The number of amides is 3. The molecule has 2 heterocycles. The normalized spacial score (nSPS) is 22.6. The van der Waals surface area contributed by atoms with Gasteiger partial charge in [0.05, 0.1) is 0 Å². The van der Waals surface area contributed by atoms with Crippen molar-refractivity contribution in [2.45, 2.75) is 51.0 Å². The smallest absolute Gasteiger partial charge is 0.326 e. The van der Waals surface area contributed by atoms with Gasteiger partial charge in [0.25, 0.3) is 5.91 Å². The Hall–Kier alpha value is -2.89. The molecule has 5 nitrogen and oxygen atoms in total. The van der Waals surface area contributed by atoms with Crippen LogP contribution in [0.15, 0.2) is 42.5 Å². The van der Waals surface area contributed by atoms with Crippen molar-refractivity contribution >= 4 is 23.3 Å². The highest BCUT2D eigenvalue weighted by molar-refractivity contribution is 6.04. The third-order valence-corrected chi connectivity index (χ3v) is 7.07. The number of piperidine rings is 1. The molecular weight excluding hydrogens is 393 g/mol. The van der Waals surface area contributed by atoms with Crippen molar-refractivity contribution in [1.29, 1.82) is 0 Å². The molecule has 2 fully saturated rings. The maximum absolute atomic E-state index is 13.3. The zero-order valence-electron chi connectivity index (χ0n) is 17.6. The number of hydrogen-bond donors (Lipinski definition) is 1. The zero-order chi connectivity index (χ0) is 21.4. The Kier molecular flexibility index (Phi) is 5.38. The van der Waals surface area contributed by atoms with Crippen LogP contribution in [0.1, 0.15) is 54.4 Å². The number of carbonyl (C=O) groups excluding carboxylic acids is 2. The van der Waals surface area contributed by atoms with Crippen LogP contribution in [0.4, 0.5) is 20.6 Å². The summed E-state index contributed by atoms with van der Waals surface area (Å²) in [5.74, 6) is 0.454. The van der Waals surface area contributed by atoms with Gasteiger partial charge in [0.1, 0.15) is 5.82 Å². The molecule has 1 aliphatic carbocycles. The molecule has 0 spiro atoms. The number of fused-ring (bicyclic) bond motifs is 2. The van der Waals surface area contributed by atoms with Gasteiger partial charge in [-0.2, -0.15) is 0 Å². The van der Waals surface area contributed by atoms with E-state index in [9.17, 15) is 14.0 Å². The molecule has 2 aromatic carbocycles. The van der Waals surface area contributed by atoms with Gasteiger partial charge < -0.3 is 10.2 Å². The first kappa shape index (κ1) is 20.0. The lowest BCUT2D eigenvalue weighted by molar-refractivity contribution is 0.0390. The van der Waals surface area contributed by atoms with Crippen LogP contribution in [0, 0.1) is 11.7 Å². The van der Waals surface area contributed by atoms with Crippen molar-refractivity contribution < 1.29 is 14.0 Å². The number of nitrogens with zero attached hydrogens (tertiary/aromatic N) is 2. The summed E-state index contributed by atoms with van der Waals surface area (Å²) < 4.78 is 13.1. The van der Waals surface area contributed by atoms with Crippen LogP contribution in [0.3, 0.4) is 0 Å². The number of likely N-dealkylation sites (tertiary alicyclic amines) is 1. The van der Waals surface area contributed by atoms with E-state index in [0.717, 1.165) is 42.6 Å². The summed E-state index contributed by atoms with van der Waals surface area (Å²) in [4.78, 5) is 29.9. The number of halogens is 1. The summed E-state index contributed by atoms with van der Waals surface area (Å²) in [5.41, 5.74) is 3.15. The van der Waals surface area contributed by atoms with Gasteiger partial charge in [-0.25, -0.2) is 9.18 Å². The second kappa shape index (κ2) is 8.33. The van der Waals surface area contributed by atoms with E-state index in [1.807, 2.05) is 18.2 Å². The predicted octanol–water partition coefficient (Wildman–Crippen LogP) is 5.22. The quantitative estimate of drug-likeness (QED) is 0.723. The highest BCUT2D eigenvalue weighted by Crippen LogP contribution is 2.37. The molecule has 1 saturated carbocycles. The van der Waals surface area contributed by atoms with E-state index in [1.54, 1.807) is 17.0 Å². The van der Waals surface area contributed by atoms with E-state index >= 15 is 0 Å². The number of nitrogens with one attached hydrogen (secondary N) is 1. The van der Waals surface area contributed by atoms with Crippen LogP contribution in [0.25, 0.3) is 0 Å². The second-order valence-electron chi connectivity index (χ2n) is 8.93. The van der Waals surface area contributed by atoms with E-state index in [4.69, 9.17) is 0 Å². The van der Waals surface area contributed by atoms with E-state index in [0.29, 0.717) is 24.2 Å². The maximum atomic E-state index is 13.3. The predicted molar refractivity (Wildman–Crippen MR) is 119 cm³/mol. The SMILES string of the molecule is O=C(Nc1ccc(F)cc1)N1CCc2cc(C(=O)N3CCC[C@H]4CCCC[C@H]43)ccc21. The molecule has 2 aromatic rings. The second-order valence-corrected chi connectivity index (χ2v) is 8.93. The van der Waals surface area contributed by atoms with Gasteiger partial charge in [-0.15, -0.1) is 0 Å². The number of benzene rings is 2. The summed E-state index contributed by atoms with van der Waals surface area (Å²) in [6.07, 6.45) is 7.94. The van der Waals surface area contributed by atoms with Crippen molar-refractivity contribution in [3.8, 4) is 0 Å². The minimum absolute atomic E-state index is 0.133. The third-order valence-electron chi connectivity index (χ3n) is 7.07. The molecule has 1 saturated heterocycles. The number of hydrogen-bond acceptors (Lipinski definition) is 2. The number of carbonyl (C=O) groups is 2. The Morgan fingerprint density at radius 3 is 2.55 bits per heavy atom. The van der Waals surface area contributed by atoms with Crippen LogP contribution >= 0.6 is 0 Å². The van der Waals surface area contributed by atoms with Gasteiger partial charge in [0.15, 0.2) is 0 Å². The van der Waals surface area contributed by atoms with Crippen molar-refractivity contribution in [3.05, 3.63) is 59.4 Å². The van der Waals surface area contributed by atoms with Crippen LogP contribution in [0.5, 0.6) is 0 Å². The molecule has 0 radical (unpaired) electrons. The Morgan fingerprint density at radius 2 is 1.71 bits per heavy atom. The molecule has 0 unspecified atom stereocenters. The van der Waals surface area contributed by atoms with Gasteiger partial charge in [-0.05, 0) is 86.1 Å². The van der Waals surface area contributed by atoms with Crippen molar-refractivity contribution in [2.24, 2.45) is 5.92 Å². The zero-order valence-corrected chi connectivity index (χ0v) is 17.6. The van der Waals surface area contributed by atoms with Crippen LogP contribution in [0.2, 0.25) is 0 Å². The van der Waals surface area contributed by atoms with Crippen molar-refractivity contribution in [1.82, 2.24) is 4.90 Å². The molecule has 3 amide bonds. The molecule has 6 heteroatoms. The fraction of sp³-hybridized carbons (Fsp3) is 0.440. The first-order valence-corrected chi connectivity index (χ1v) is 11.4. The summed E-state index contributed by atoms with van der Waals surface area (Å²) in [6, 6.07) is 11.6. The largest absolute Gasteiger partial charge is 0.335 e. The molecular formula is C25H28FN3O2. The number of urea groups is 1. The molecule has 2 atom stereocenters. The molecule has 31 heavy (non-hydrogen) atoms. The number of anilines is 2. The first-order chi connectivity index (χ1) is 15.1.